The second-order valence-electron chi connectivity index (χ2n) is 9.23. The topological polar surface area (TPSA) is 61.2 Å². The van der Waals surface area contributed by atoms with Gasteiger partial charge in [-0.3, -0.25) is 14.5 Å². The molecule has 0 N–H and O–H groups in total. The van der Waals surface area contributed by atoms with E-state index >= 15 is 0 Å². The van der Waals surface area contributed by atoms with Crippen LogP contribution in [0.5, 0.6) is 0 Å². The lowest BCUT2D eigenvalue weighted by molar-refractivity contribution is -0.119. The molecule has 6 rings (SSSR count). The summed E-state index contributed by atoms with van der Waals surface area (Å²) in [4.78, 5) is 29.9. The maximum Gasteiger partial charge on any atom is 0.232 e. The van der Waals surface area contributed by atoms with Crippen molar-refractivity contribution in [2.45, 2.75) is 57.3 Å². The number of fused-ring (bicyclic) bond motifs is 2. The SMILES string of the molecule is N#Cc1c(N2C(=O)C[C@H](c3ccc4ccccc4c3)C3=C2CCCC3=O)sc2c1CCCC2. The van der Waals surface area contributed by atoms with Crippen LogP contribution in [0, 0.1) is 11.3 Å². The van der Waals surface area contributed by atoms with Crippen molar-refractivity contribution >= 4 is 38.8 Å². The Balaban J connectivity index is 1.51. The second kappa shape index (κ2) is 7.97. The summed E-state index contributed by atoms with van der Waals surface area (Å²) in [6.45, 7) is 0. The fourth-order valence-electron chi connectivity index (χ4n) is 5.76. The third-order valence-electron chi connectivity index (χ3n) is 7.32. The van der Waals surface area contributed by atoms with Crippen molar-refractivity contribution in [3.05, 3.63) is 75.3 Å². The second-order valence-corrected chi connectivity index (χ2v) is 10.3. The van der Waals surface area contributed by atoms with Crippen LogP contribution in [0.15, 0.2) is 53.7 Å². The van der Waals surface area contributed by atoms with Crippen LogP contribution < -0.4 is 4.90 Å². The molecule has 0 fully saturated rings. The van der Waals surface area contributed by atoms with Crippen molar-refractivity contribution in [3.8, 4) is 6.07 Å². The van der Waals surface area contributed by atoms with Gasteiger partial charge in [0.25, 0.3) is 0 Å². The highest BCUT2D eigenvalue weighted by molar-refractivity contribution is 7.16. The van der Waals surface area contributed by atoms with E-state index in [1.54, 1.807) is 16.2 Å². The van der Waals surface area contributed by atoms with E-state index in [4.69, 9.17) is 0 Å². The van der Waals surface area contributed by atoms with E-state index in [2.05, 4.69) is 36.4 Å². The first-order chi connectivity index (χ1) is 16.2. The van der Waals surface area contributed by atoms with Crippen LogP contribution >= 0.6 is 11.3 Å². The van der Waals surface area contributed by atoms with Crippen LogP contribution in [0.25, 0.3) is 10.8 Å². The van der Waals surface area contributed by atoms with Gasteiger partial charge in [-0.05, 0) is 60.4 Å². The zero-order valence-electron chi connectivity index (χ0n) is 18.4. The zero-order chi connectivity index (χ0) is 22.5. The summed E-state index contributed by atoms with van der Waals surface area (Å²) in [5.74, 6) is -0.0790. The largest absolute Gasteiger partial charge is 0.294 e. The normalized spacial score (nSPS) is 20.6. The average Bonchev–Trinajstić information content (AvgIpc) is 3.21. The van der Waals surface area contributed by atoms with Crippen LogP contribution in [0.2, 0.25) is 0 Å². The standard InChI is InChI=1S/C28H24N2O2S/c29-16-22-20-8-3-4-11-25(20)33-28(22)30-23-9-5-10-24(31)27(23)21(15-26(30)32)19-13-12-17-6-1-2-7-18(17)14-19/h1-2,6-7,12-14,21H,3-5,8-11,15H2/t21-/m1/s1. The van der Waals surface area contributed by atoms with E-state index in [0.29, 0.717) is 18.4 Å². The molecule has 0 saturated carbocycles. The first-order valence-corrected chi connectivity index (χ1v) is 12.6. The molecule has 1 aromatic heterocycles. The highest BCUT2D eigenvalue weighted by Gasteiger charge is 2.41. The Morgan fingerprint density at radius 2 is 1.76 bits per heavy atom. The lowest BCUT2D eigenvalue weighted by Crippen LogP contribution is -2.40. The van der Waals surface area contributed by atoms with E-state index in [1.807, 2.05) is 12.1 Å². The van der Waals surface area contributed by atoms with Crippen LogP contribution in [-0.2, 0) is 22.4 Å². The Kier molecular flexibility index (Phi) is 4.92. The van der Waals surface area contributed by atoms with Gasteiger partial charge in [-0.25, -0.2) is 0 Å². The third-order valence-corrected chi connectivity index (χ3v) is 8.60. The Hall–Kier alpha value is -3.23. The summed E-state index contributed by atoms with van der Waals surface area (Å²) in [5, 5.41) is 13.0. The van der Waals surface area contributed by atoms with E-state index in [9.17, 15) is 14.9 Å². The molecular weight excluding hydrogens is 428 g/mol. The molecule has 1 amide bonds. The Morgan fingerprint density at radius 1 is 0.939 bits per heavy atom. The monoisotopic (exact) mass is 452 g/mol. The van der Waals surface area contributed by atoms with Crippen LogP contribution in [0.1, 0.15) is 66.0 Å². The molecule has 5 heteroatoms. The van der Waals surface area contributed by atoms with Crippen molar-refractivity contribution in [1.82, 2.24) is 0 Å². The third kappa shape index (κ3) is 3.24. The fraction of sp³-hybridized carbons (Fsp3) is 0.321. The van der Waals surface area contributed by atoms with Crippen LogP contribution in [0.4, 0.5) is 5.00 Å². The summed E-state index contributed by atoms with van der Waals surface area (Å²) in [7, 11) is 0. The van der Waals surface area contributed by atoms with Gasteiger partial charge < -0.3 is 0 Å². The molecule has 164 valence electrons. The minimum absolute atomic E-state index is 0.00305. The molecule has 0 bridgehead atoms. The first kappa shape index (κ1) is 20.4. The number of hydrogen-bond acceptors (Lipinski definition) is 4. The van der Waals surface area contributed by atoms with Crippen molar-refractivity contribution < 1.29 is 9.59 Å². The molecule has 3 aliphatic rings. The van der Waals surface area contributed by atoms with E-state index in [0.717, 1.165) is 70.3 Å². The molecule has 2 heterocycles. The number of nitrogens with zero attached hydrogens (tertiary/aromatic N) is 2. The number of carbonyl (C=O) groups is 2. The van der Waals surface area contributed by atoms with Crippen molar-refractivity contribution in [3.63, 3.8) is 0 Å². The van der Waals surface area contributed by atoms with Gasteiger partial charge in [0, 0.05) is 34.9 Å². The van der Waals surface area contributed by atoms with Crippen molar-refractivity contribution in [1.29, 1.82) is 5.26 Å². The molecule has 3 aromatic rings. The van der Waals surface area contributed by atoms with Crippen molar-refractivity contribution in [2.75, 3.05) is 4.90 Å². The van der Waals surface area contributed by atoms with Gasteiger partial charge in [-0.15, -0.1) is 11.3 Å². The fourth-order valence-corrected chi connectivity index (χ4v) is 7.14. The Labute approximate surface area is 197 Å². The predicted molar refractivity (Wildman–Crippen MR) is 130 cm³/mol. The summed E-state index contributed by atoms with van der Waals surface area (Å²) in [5.41, 5.74) is 4.41. The highest BCUT2D eigenvalue weighted by atomic mass is 32.1. The first-order valence-electron chi connectivity index (χ1n) is 11.8. The molecule has 0 unspecified atom stereocenters. The molecule has 4 nitrogen and oxygen atoms in total. The molecule has 2 aromatic carbocycles. The van der Waals surface area contributed by atoms with Crippen LogP contribution in [0.3, 0.4) is 0 Å². The number of hydrogen-bond donors (Lipinski definition) is 0. The molecule has 0 spiro atoms. The van der Waals surface area contributed by atoms with E-state index in [1.165, 1.54) is 4.88 Å². The lowest BCUT2D eigenvalue weighted by Gasteiger charge is -2.38. The molecule has 2 aliphatic carbocycles. The maximum absolute atomic E-state index is 13.7. The number of nitriles is 1. The molecule has 1 atom stereocenters. The van der Waals surface area contributed by atoms with Crippen molar-refractivity contribution in [2.24, 2.45) is 0 Å². The predicted octanol–water partition coefficient (Wildman–Crippen LogP) is 6.18. The quantitative estimate of drug-likeness (QED) is 0.466. The molecule has 0 radical (unpaired) electrons. The van der Waals surface area contributed by atoms with Crippen LogP contribution in [-0.4, -0.2) is 11.7 Å². The van der Waals surface area contributed by atoms with Gasteiger partial charge in [-0.2, -0.15) is 5.26 Å². The number of Topliss-reactive ketones (excluding diaryl/α,β-unsaturated/α-hetero) is 1. The van der Waals surface area contributed by atoms with Gasteiger partial charge in [0.1, 0.15) is 11.1 Å². The Bertz CT molecular complexity index is 1390. The molecular formula is C28H24N2O2S. The smallest absolute Gasteiger partial charge is 0.232 e. The molecule has 1 aliphatic heterocycles. The van der Waals surface area contributed by atoms with Gasteiger partial charge >= 0.3 is 0 Å². The number of amides is 1. The number of anilines is 1. The maximum atomic E-state index is 13.7. The minimum atomic E-state index is -0.221. The Morgan fingerprint density at radius 3 is 2.61 bits per heavy atom. The summed E-state index contributed by atoms with van der Waals surface area (Å²) in [6.07, 6.45) is 6.32. The van der Waals surface area contributed by atoms with Gasteiger partial charge in [-0.1, -0.05) is 42.5 Å². The number of carbonyl (C=O) groups excluding carboxylic acids is 2. The minimum Gasteiger partial charge on any atom is -0.294 e. The summed E-state index contributed by atoms with van der Waals surface area (Å²) in [6, 6.07) is 16.8. The van der Waals surface area contributed by atoms with E-state index in [-0.39, 0.29) is 24.0 Å². The van der Waals surface area contributed by atoms with Gasteiger partial charge in [0.2, 0.25) is 5.91 Å². The summed E-state index contributed by atoms with van der Waals surface area (Å²) < 4.78 is 0. The van der Waals surface area contributed by atoms with Gasteiger partial charge in [0.05, 0.1) is 5.56 Å². The zero-order valence-corrected chi connectivity index (χ0v) is 19.2. The number of rotatable bonds is 2. The number of thiophene rings is 1. The molecule has 33 heavy (non-hydrogen) atoms. The number of ketones is 1. The van der Waals surface area contributed by atoms with Gasteiger partial charge in [0.15, 0.2) is 5.78 Å². The summed E-state index contributed by atoms with van der Waals surface area (Å²) >= 11 is 1.59. The van der Waals surface area contributed by atoms with E-state index < -0.39 is 0 Å². The highest BCUT2D eigenvalue weighted by Crippen LogP contribution is 2.48. The average molecular weight is 453 g/mol. The number of aryl methyl sites for hydroxylation is 1. The lowest BCUT2D eigenvalue weighted by atomic mass is 9.77. The number of benzene rings is 2. The molecule has 0 saturated heterocycles. The number of allylic oxidation sites excluding steroid dienone is 2.